The Morgan fingerprint density at radius 1 is 1.19 bits per heavy atom. The van der Waals surface area contributed by atoms with Gasteiger partial charge in [0.2, 0.25) is 0 Å². The molecule has 1 heterocycles. The molecule has 3 heteroatoms. The van der Waals surface area contributed by atoms with E-state index in [0.29, 0.717) is 0 Å². The Hall–Kier alpha value is -1.48. The van der Waals surface area contributed by atoms with Crippen LogP contribution in [0.1, 0.15) is 49.7 Å². The van der Waals surface area contributed by atoms with E-state index in [1.165, 1.54) is 16.0 Å². The van der Waals surface area contributed by atoms with Crippen LogP contribution in [-0.2, 0) is 5.41 Å². The number of methoxy groups -OCH3 is 1. The first-order valence-electron chi connectivity index (χ1n) is 7.32. The number of anilines is 1. The van der Waals surface area contributed by atoms with Gasteiger partial charge in [-0.1, -0.05) is 26.8 Å². The zero-order chi connectivity index (χ0) is 15.6. The molecule has 114 valence electrons. The summed E-state index contributed by atoms with van der Waals surface area (Å²) in [6.07, 6.45) is 0. The van der Waals surface area contributed by atoms with Crippen molar-refractivity contribution in [1.82, 2.24) is 0 Å². The summed E-state index contributed by atoms with van der Waals surface area (Å²) in [6.45, 7) is 11.0. The highest BCUT2D eigenvalue weighted by molar-refractivity contribution is 7.10. The number of hydrogen-bond donors (Lipinski definition) is 1. The van der Waals surface area contributed by atoms with Crippen LogP contribution in [0, 0.1) is 6.92 Å². The fourth-order valence-corrected chi connectivity index (χ4v) is 3.35. The first kappa shape index (κ1) is 15.9. The average molecular weight is 303 g/mol. The lowest BCUT2D eigenvalue weighted by atomic mass is 9.86. The lowest BCUT2D eigenvalue weighted by molar-refractivity contribution is 0.415. The van der Waals surface area contributed by atoms with Crippen molar-refractivity contribution >= 4 is 17.0 Å². The molecule has 1 atom stereocenters. The number of thiophene rings is 1. The Balaban J connectivity index is 2.31. The molecule has 0 bridgehead atoms. The predicted octanol–water partition coefficient (Wildman–Crippen LogP) is 5.54. The molecule has 0 aliphatic heterocycles. The largest absolute Gasteiger partial charge is 0.495 e. The molecule has 1 N–H and O–H groups in total. The van der Waals surface area contributed by atoms with Crippen LogP contribution in [0.15, 0.2) is 29.6 Å². The molecule has 0 spiro atoms. The smallest absolute Gasteiger partial charge is 0.141 e. The first-order chi connectivity index (χ1) is 9.82. The number of hydrogen-bond acceptors (Lipinski definition) is 3. The third kappa shape index (κ3) is 3.59. The van der Waals surface area contributed by atoms with Crippen molar-refractivity contribution in [1.29, 1.82) is 0 Å². The zero-order valence-corrected chi connectivity index (χ0v) is 14.6. The standard InChI is InChI=1S/C18H25NOS/c1-12-9-10-21-17(12)13(2)19-15-11-14(18(3,4)5)7-8-16(15)20-6/h7-11,13,19H,1-6H3. The second kappa shape index (κ2) is 6.10. The molecular formula is C18H25NOS. The Kier molecular flexibility index (Phi) is 4.62. The third-order valence-corrected chi connectivity index (χ3v) is 4.93. The maximum atomic E-state index is 5.50. The van der Waals surface area contributed by atoms with Crippen LogP contribution in [0.25, 0.3) is 0 Å². The van der Waals surface area contributed by atoms with Gasteiger partial charge in [0.25, 0.3) is 0 Å². The van der Waals surface area contributed by atoms with Crippen LogP contribution in [0.2, 0.25) is 0 Å². The number of rotatable bonds is 4. The summed E-state index contributed by atoms with van der Waals surface area (Å²) in [5.74, 6) is 0.893. The normalized spacial score (nSPS) is 13.0. The van der Waals surface area contributed by atoms with E-state index in [4.69, 9.17) is 4.74 Å². The van der Waals surface area contributed by atoms with E-state index in [0.717, 1.165) is 11.4 Å². The van der Waals surface area contributed by atoms with Crippen molar-refractivity contribution in [2.75, 3.05) is 12.4 Å². The maximum absolute atomic E-state index is 5.50. The highest BCUT2D eigenvalue weighted by Crippen LogP contribution is 2.34. The molecule has 0 saturated carbocycles. The highest BCUT2D eigenvalue weighted by Gasteiger charge is 2.17. The summed E-state index contributed by atoms with van der Waals surface area (Å²) in [4.78, 5) is 1.37. The highest BCUT2D eigenvalue weighted by atomic mass is 32.1. The fourth-order valence-electron chi connectivity index (χ4n) is 2.41. The van der Waals surface area contributed by atoms with Crippen LogP contribution >= 0.6 is 11.3 Å². The van der Waals surface area contributed by atoms with Gasteiger partial charge < -0.3 is 10.1 Å². The monoisotopic (exact) mass is 303 g/mol. The van der Waals surface area contributed by atoms with Gasteiger partial charge in [-0.25, -0.2) is 0 Å². The van der Waals surface area contributed by atoms with Crippen LogP contribution in [0.4, 0.5) is 5.69 Å². The minimum Gasteiger partial charge on any atom is -0.495 e. The molecule has 2 aromatic rings. The molecule has 21 heavy (non-hydrogen) atoms. The van der Waals surface area contributed by atoms with Gasteiger partial charge in [-0.05, 0) is 54.0 Å². The topological polar surface area (TPSA) is 21.3 Å². The van der Waals surface area contributed by atoms with E-state index in [2.05, 4.69) is 69.6 Å². The molecule has 0 fully saturated rings. The van der Waals surface area contributed by atoms with Gasteiger partial charge in [0, 0.05) is 4.88 Å². The zero-order valence-electron chi connectivity index (χ0n) is 13.8. The second-order valence-corrected chi connectivity index (χ2v) is 7.45. The molecule has 0 saturated heterocycles. The Morgan fingerprint density at radius 2 is 1.90 bits per heavy atom. The number of benzene rings is 1. The van der Waals surface area contributed by atoms with Gasteiger partial charge in [0.1, 0.15) is 5.75 Å². The van der Waals surface area contributed by atoms with Crippen LogP contribution in [-0.4, -0.2) is 7.11 Å². The minimum absolute atomic E-state index is 0.130. The van der Waals surface area contributed by atoms with Crippen LogP contribution in [0.3, 0.4) is 0 Å². The molecule has 1 aromatic heterocycles. The summed E-state index contributed by atoms with van der Waals surface area (Å²) < 4.78 is 5.50. The number of nitrogens with one attached hydrogen (secondary N) is 1. The van der Waals surface area contributed by atoms with E-state index in [-0.39, 0.29) is 11.5 Å². The van der Waals surface area contributed by atoms with E-state index in [1.54, 1.807) is 18.4 Å². The average Bonchev–Trinajstić information content (AvgIpc) is 2.84. The SMILES string of the molecule is COc1ccc(C(C)(C)C)cc1NC(C)c1sccc1C. The second-order valence-electron chi connectivity index (χ2n) is 6.50. The Morgan fingerprint density at radius 3 is 2.43 bits per heavy atom. The molecule has 2 rings (SSSR count). The van der Waals surface area contributed by atoms with Crippen molar-refractivity contribution in [2.24, 2.45) is 0 Å². The van der Waals surface area contributed by atoms with Gasteiger partial charge in [0.15, 0.2) is 0 Å². The van der Waals surface area contributed by atoms with E-state index in [1.807, 2.05) is 0 Å². The molecule has 2 nitrogen and oxygen atoms in total. The van der Waals surface area contributed by atoms with E-state index in [9.17, 15) is 0 Å². The van der Waals surface area contributed by atoms with Crippen molar-refractivity contribution in [3.63, 3.8) is 0 Å². The molecule has 0 amide bonds. The third-order valence-electron chi connectivity index (χ3n) is 3.73. The van der Waals surface area contributed by atoms with Crippen molar-refractivity contribution < 1.29 is 4.74 Å². The quantitative estimate of drug-likeness (QED) is 0.801. The molecule has 0 radical (unpaired) electrons. The summed E-state index contributed by atoms with van der Waals surface area (Å²) >= 11 is 1.80. The summed E-state index contributed by atoms with van der Waals surface area (Å²) in [7, 11) is 1.72. The summed E-state index contributed by atoms with van der Waals surface area (Å²) in [5.41, 5.74) is 3.84. The van der Waals surface area contributed by atoms with Crippen LogP contribution < -0.4 is 10.1 Å². The summed E-state index contributed by atoms with van der Waals surface area (Å²) in [5, 5.41) is 5.75. The van der Waals surface area contributed by atoms with Gasteiger partial charge in [-0.3, -0.25) is 0 Å². The number of ether oxygens (including phenoxy) is 1. The molecular weight excluding hydrogens is 278 g/mol. The van der Waals surface area contributed by atoms with Crippen molar-refractivity contribution in [3.05, 3.63) is 45.6 Å². The van der Waals surface area contributed by atoms with Gasteiger partial charge in [-0.15, -0.1) is 11.3 Å². The Labute approximate surface area is 132 Å². The van der Waals surface area contributed by atoms with Crippen LogP contribution in [0.5, 0.6) is 5.75 Å². The lowest BCUT2D eigenvalue weighted by Crippen LogP contribution is -2.13. The molecule has 1 aromatic carbocycles. The molecule has 0 aliphatic rings. The number of aryl methyl sites for hydroxylation is 1. The maximum Gasteiger partial charge on any atom is 0.141 e. The Bertz CT molecular complexity index is 610. The van der Waals surface area contributed by atoms with E-state index < -0.39 is 0 Å². The first-order valence-corrected chi connectivity index (χ1v) is 8.20. The fraction of sp³-hybridized carbons (Fsp3) is 0.444. The molecule has 1 unspecified atom stereocenters. The van der Waals surface area contributed by atoms with Gasteiger partial charge in [-0.2, -0.15) is 0 Å². The van der Waals surface area contributed by atoms with Gasteiger partial charge in [0.05, 0.1) is 18.8 Å². The van der Waals surface area contributed by atoms with Crippen molar-refractivity contribution in [3.8, 4) is 5.75 Å². The summed E-state index contributed by atoms with van der Waals surface area (Å²) in [6, 6.07) is 8.84. The van der Waals surface area contributed by atoms with Crippen molar-refractivity contribution in [2.45, 2.75) is 46.1 Å². The lowest BCUT2D eigenvalue weighted by Gasteiger charge is -2.23. The van der Waals surface area contributed by atoms with Gasteiger partial charge >= 0.3 is 0 Å². The van der Waals surface area contributed by atoms with E-state index >= 15 is 0 Å². The minimum atomic E-state index is 0.130. The molecule has 0 aliphatic carbocycles. The predicted molar refractivity (Wildman–Crippen MR) is 92.8 cm³/mol.